The Morgan fingerprint density at radius 1 is 1.33 bits per heavy atom. The summed E-state index contributed by atoms with van der Waals surface area (Å²) in [5.74, 6) is 1.55. The van der Waals surface area contributed by atoms with Gasteiger partial charge in [-0.1, -0.05) is 42.2 Å². The second-order valence-electron chi connectivity index (χ2n) is 4.93. The highest BCUT2D eigenvalue weighted by atomic mass is 35.5. The van der Waals surface area contributed by atoms with E-state index in [1.54, 1.807) is 13.0 Å². The van der Waals surface area contributed by atoms with Crippen LogP contribution in [0.5, 0.6) is 5.75 Å². The largest absolute Gasteiger partial charge is 0.484 e. The van der Waals surface area contributed by atoms with Crippen molar-refractivity contribution in [1.29, 1.82) is 0 Å². The molecule has 2 rings (SSSR count). The third-order valence-electron chi connectivity index (χ3n) is 2.70. The van der Waals surface area contributed by atoms with Gasteiger partial charge in [0.25, 0.3) is 0 Å². The summed E-state index contributed by atoms with van der Waals surface area (Å²) in [6.45, 7) is 6.65. The van der Waals surface area contributed by atoms with Gasteiger partial charge in [0.15, 0.2) is 6.61 Å². The van der Waals surface area contributed by atoms with Crippen molar-refractivity contribution in [1.82, 2.24) is 15.5 Å². The van der Waals surface area contributed by atoms with E-state index in [1.165, 1.54) is 0 Å². The van der Waals surface area contributed by atoms with Crippen molar-refractivity contribution in [2.24, 2.45) is 0 Å². The summed E-state index contributed by atoms with van der Waals surface area (Å²) in [7, 11) is 0. The van der Waals surface area contributed by atoms with Gasteiger partial charge in [-0.3, -0.25) is 0 Å². The Morgan fingerprint density at radius 2 is 2.10 bits per heavy atom. The molecule has 0 saturated heterocycles. The molecule has 7 heteroatoms. The topological polar surface area (TPSA) is 60.2 Å². The van der Waals surface area contributed by atoms with E-state index in [4.69, 9.17) is 32.5 Å². The molecule has 0 aliphatic carbocycles. The van der Waals surface area contributed by atoms with Crippen molar-refractivity contribution in [3.63, 3.8) is 0 Å². The zero-order chi connectivity index (χ0) is 15.4. The molecule has 0 radical (unpaired) electrons. The van der Waals surface area contributed by atoms with Crippen molar-refractivity contribution in [2.45, 2.75) is 40.0 Å². The summed E-state index contributed by atoms with van der Waals surface area (Å²) in [5.41, 5.74) is 0.890. The molecule has 0 saturated carbocycles. The molecule has 0 fully saturated rings. The number of ether oxygens (including phenoxy) is 1. The third kappa shape index (κ3) is 4.59. The molecule has 0 aliphatic rings. The molecule has 1 aromatic heterocycles. The van der Waals surface area contributed by atoms with Crippen LogP contribution in [0, 0.1) is 6.92 Å². The van der Waals surface area contributed by atoms with Crippen molar-refractivity contribution in [2.75, 3.05) is 0 Å². The summed E-state index contributed by atoms with van der Waals surface area (Å²) < 4.78 is 10.6. The van der Waals surface area contributed by atoms with Crippen molar-refractivity contribution in [3.05, 3.63) is 39.5 Å². The number of hydrogen-bond donors (Lipinski definition) is 1. The van der Waals surface area contributed by atoms with E-state index in [0.29, 0.717) is 40.1 Å². The summed E-state index contributed by atoms with van der Waals surface area (Å²) in [6.07, 6.45) is 0. The number of aromatic nitrogens is 2. The highest BCUT2D eigenvalue weighted by molar-refractivity contribution is 6.35. The third-order valence-corrected chi connectivity index (χ3v) is 3.20. The average Bonchev–Trinajstić information content (AvgIpc) is 2.80. The normalized spacial score (nSPS) is 11.1. The smallest absolute Gasteiger partial charge is 0.223 e. The second kappa shape index (κ2) is 7.11. The molecule has 5 nitrogen and oxygen atoms in total. The maximum atomic E-state index is 6.22. The molecule has 21 heavy (non-hydrogen) atoms. The molecule has 1 aromatic carbocycles. The SMILES string of the molecule is Cc1nc(COc2c(Cl)cc(Cl)cc2CNC(C)C)no1. The lowest BCUT2D eigenvalue weighted by Gasteiger charge is -2.15. The number of nitrogens with one attached hydrogen (secondary N) is 1. The van der Waals surface area contributed by atoms with Crippen LogP contribution in [-0.4, -0.2) is 16.2 Å². The Balaban J connectivity index is 2.15. The first-order valence-corrected chi connectivity index (χ1v) is 7.34. The molecular weight excluding hydrogens is 313 g/mol. The molecule has 0 spiro atoms. The van der Waals surface area contributed by atoms with E-state index in [-0.39, 0.29) is 6.61 Å². The highest BCUT2D eigenvalue weighted by Crippen LogP contribution is 2.33. The van der Waals surface area contributed by atoms with E-state index < -0.39 is 0 Å². The summed E-state index contributed by atoms with van der Waals surface area (Å²) in [5, 5.41) is 8.13. The lowest BCUT2D eigenvalue weighted by molar-refractivity contribution is 0.282. The molecule has 0 aliphatic heterocycles. The number of nitrogens with zero attached hydrogens (tertiary/aromatic N) is 2. The number of halogens is 2. The minimum Gasteiger partial charge on any atom is -0.484 e. The lowest BCUT2D eigenvalue weighted by Crippen LogP contribution is -2.22. The van der Waals surface area contributed by atoms with Crippen molar-refractivity contribution >= 4 is 23.2 Å². The quantitative estimate of drug-likeness (QED) is 0.874. The molecule has 0 bridgehead atoms. The first-order valence-electron chi connectivity index (χ1n) is 6.59. The van der Waals surface area contributed by atoms with E-state index in [1.807, 2.05) is 6.07 Å². The summed E-state index contributed by atoms with van der Waals surface area (Å²) in [4.78, 5) is 4.09. The average molecular weight is 330 g/mol. The Labute approximate surface area is 133 Å². The van der Waals surface area contributed by atoms with Crippen LogP contribution >= 0.6 is 23.2 Å². The van der Waals surface area contributed by atoms with Crippen LogP contribution < -0.4 is 10.1 Å². The second-order valence-corrected chi connectivity index (χ2v) is 5.77. The van der Waals surface area contributed by atoms with Crippen LogP contribution in [0.4, 0.5) is 0 Å². The van der Waals surface area contributed by atoms with Crippen LogP contribution in [0.1, 0.15) is 31.1 Å². The highest BCUT2D eigenvalue weighted by Gasteiger charge is 2.13. The molecule has 0 unspecified atom stereocenters. The predicted molar refractivity (Wildman–Crippen MR) is 81.8 cm³/mol. The monoisotopic (exact) mass is 329 g/mol. The van der Waals surface area contributed by atoms with Gasteiger partial charge in [-0.25, -0.2) is 0 Å². The van der Waals surface area contributed by atoms with Gasteiger partial charge in [-0.05, 0) is 12.1 Å². The summed E-state index contributed by atoms with van der Waals surface area (Å²) in [6, 6.07) is 3.83. The first-order chi connectivity index (χ1) is 9.95. The molecule has 1 heterocycles. The maximum Gasteiger partial charge on any atom is 0.223 e. The van der Waals surface area contributed by atoms with E-state index in [0.717, 1.165) is 5.56 Å². The van der Waals surface area contributed by atoms with E-state index in [9.17, 15) is 0 Å². The van der Waals surface area contributed by atoms with Crippen LogP contribution in [0.25, 0.3) is 0 Å². The van der Waals surface area contributed by atoms with Gasteiger partial charge in [-0.2, -0.15) is 4.98 Å². The van der Waals surface area contributed by atoms with Crippen LogP contribution in [0.3, 0.4) is 0 Å². The van der Waals surface area contributed by atoms with Gasteiger partial charge in [0.05, 0.1) is 5.02 Å². The minimum atomic E-state index is 0.188. The van der Waals surface area contributed by atoms with Gasteiger partial charge in [-0.15, -0.1) is 0 Å². The fraction of sp³-hybridized carbons (Fsp3) is 0.429. The van der Waals surface area contributed by atoms with Crippen LogP contribution in [0.15, 0.2) is 16.7 Å². The van der Waals surface area contributed by atoms with Gasteiger partial charge >= 0.3 is 0 Å². The number of benzene rings is 1. The van der Waals surface area contributed by atoms with Crippen molar-refractivity contribution < 1.29 is 9.26 Å². The van der Waals surface area contributed by atoms with Crippen LogP contribution in [-0.2, 0) is 13.2 Å². The standard InChI is InChI=1S/C14H17Cl2N3O2/c1-8(2)17-6-10-4-11(15)5-12(16)14(10)20-7-13-18-9(3)21-19-13/h4-5,8,17H,6-7H2,1-3H3. The van der Waals surface area contributed by atoms with Crippen LogP contribution in [0.2, 0.25) is 10.0 Å². The molecule has 0 amide bonds. The van der Waals surface area contributed by atoms with Gasteiger partial charge in [0, 0.05) is 30.1 Å². The van der Waals surface area contributed by atoms with Gasteiger partial charge in [0.1, 0.15) is 5.75 Å². The molecule has 0 atom stereocenters. The Morgan fingerprint density at radius 3 is 2.71 bits per heavy atom. The fourth-order valence-corrected chi connectivity index (χ4v) is 2.35. The maximum absolute atomic E-state index is 6.22. The first kappa shape index (κ1) is 16.1. The van der Waals surface area contributed by atoms with Gasteiger partial charge in [0.2, 0.25) is 11.7 Å². The zero-order valence-electron chi connectivity index (χ0n) is 12.1. The Hall–Kier alpha value is -1.30. The number of aryl methyl sites for hydroxylation is 1. The molecule has 2 aromatic rings. The van der Waals surface area contributed by atoms with Crippen molar-refractivity contribution in [3.8, 4) is 5.75 Å². The van der Waals surface area contributed by atoms with E-state index in [2.05, 4.69) is 29.3 Å². The fourth-order valence-electron chi connectivity index (χ4n) is 1.76. The molecule has 1 N–H and O–H groups in total. The predicted octanol–water partition coefficient (Wildman–Crippen LogP) is 3.76. The Bertz CT molecular complexity index is 614. The molecule has 114 valence electrons. The zero-order valence-corrected chi connectivity index (χ0v) is 13.6. The van der Waals surface area contributed by atoms with E-state index >= 15 is 0 Å². The number of rotatable bonds is 6. The Kier molecular flexibility index (Phi) is 5.45. The van der Waals surface area contributed by atoms with Gasteiger partial charge < -0.3 is 14.6 Å². The minimum absolute atomic E-state index is 0.188. The lowest BCUT2D eigenvalue weighted by atomic mass is 10.2. The molecular formula is C14H17Cl2N3O2. The number of hydrogen-bond acceptors (Lipinski definition) is 5. The summed E-state index contributed by atoms with van der Waals surface area (Å²) >= 11 is 12.3.